The summed E-state index contributed by atoms with van der Waals surface area (Å²) in [5, 5.41) is 6.14. The maximum absolute atomic E-state index is 12.8. The van der Waals surface area contributed by atoms with Crippen LogP contribution in [0.3, 0.4) is 0 Å². The Bertz CT molecular complexity index is 1000. The number of halogens is 1. The highest BCUT2D eigenvalue weighted by Crippen LogP contribution is 2.48. The highest BCUT2D eigenvalue weighted by molar-refractivity contribution is 7.18. The molecule has 2 fully saturated rings. The lowest BCUT2D eigenvalue weighted by Crippen LogP contribution is -2.39. The summed E-state index contributed by atoms with van der Waals surface area (Å²) in [6.45, 7) is 1.66. The predicted octanol–water partition coefficient (Wildman–Crippen LogP) is 4.19. The van der Waals surface area contributed by atoms with Gasteiger partial charge in [-0.05, 0) is 48.9 Å². The van der Waals surface area contributed by atoms with Gasteiger partial charge in [-0.3, -0.25) is 9.48 Å². The number of aryl methyl sites for hydroxylation is 1. The first kappa shape index (κ1) is 17.2. The number of likely N-dealkylation sites (tertiary alicyclic amines) is 1. The van der Waals surface area contributed by atoms with Crippen molar-refractivity contribution in [3.8, 4) is 0 Å². The zero-order chi connectivity index (χ0) is 18.5. The second-order valence-electron chi connectivity index (χ2n) is 7.66. The van der Waals surface area contributed by atoms with Crippen LogP contribution in [0.4, 0.5) is 0 Å². The molecule has 1 saturated heterocycles. The zero-order valence-electron chi connectivity index (χ0n) is 15.1. The number of carbonyl (C=O) groups excluding carboxylic acids is 1. The molecule has 7 heteroatoms. The van der Waals surface area contributed by atoms with Gasteiger partial charge < -0.3 is 4.90 Å². The van der Waals surface area contributed by atoms with E-state index >= 15 is 0 Å². The first-order valence-corrected chi connectivity index (χ1v) is 10.6. The van der Waals surface area contributed by atoms with Gasteiger partial charge in [0.2, 0.25) is 5.91 Å². The Morgan fingerprint density at radius 3 is 2.85 bits per heavy atom. The minimum atomic E-state index is 0.148. The summed E-state index contributed by atoms with van der Waals surface area (Å²) < 4.78 is 3.00. The second kappa shape index (κ2) is 6.60. The summed E-state index contributed by atoms with van der Waals surface area (Å²) >= 11 is 7.83. The fraction of sp³-hybridized carbons (Fsp3) is 0.450. The van der Waals surface area contributed by atoms with E-state index < -0.39 is 0 Å². The topological polar surface area (TPSA) is 51.0 Å². The van der Waals surface area contributed by atoms with Crippen molar-refractivity contribution in [2.45, 2.75) is 31.1 Å². The normalized spacial score (nSPS) is 23.1. The lowest BCUT2D eigenvalue weighted by atomic mass is 9.97. The molecular weight excluding hydrogens is 380 g/mol. The Balaban J connectivity index is 1.21. The fourth-order valence-electron chi connectivity index (χ4n) is 4.14. The molecule has 0 bridgehead atoms. The lowest BCUT2D eigenvalue weighted by Gasteiger charge is -2.31. The molecule has 1 saturated carbocycles. The van der Waals surface area contributed by atoms with E-state index in [4.69, 9.17) is 16.6 Å². The van der Waals surface area contributed by atoms with Gasteiger partial charge in [-0.1, -0.05) is 11.6 Å². The Kier molecular flexibility index (Phi) is 4.20. The summed E-state index contributed by atoms with van der Waals surface area (Å²) in [4.78, 5) is 19.7. The summed E-state index contributed by atoms with van der Waals surface area (Å²) in [6.07, 6.45) is 6.86. The number of fused-ring (bicyclic) bond motifs is 1. The van der Waals surface area contributed by atoms with Crippen LogP contribution in [0.15, 0.2) is 30.6 Å². The van der Waals surface area contributed by atoms with Gasteiger partial charge in [-0.25, -0.2) is 4.98 Å². The largest absolute Gasteiger partial charge is 0.342 e. The number of carbonyl (C=O) groups is 1. The molecule has 1 aliphatic heterocycles. The average molecular weight is 401 g/mol. The van der Waals surface area contributed by atoms with Crippen LogP contribution in [-0.4, -0.2) is 38.7 Å². The number of aromatic nitrogens is 3. The van der Waals surface area contributed by atoms with Crippen LogP contribution in [0.5, 0.6) is 0 Å². The van der Waals surface area contributed by atoms with Crippen molar-refractivity contribution in [1.29, 1.82) is 0 Å². The van der Waals surface area contributed by atoms with E-state index in [-0.39, 0.29) is 5.92 Å². The average Bonchev–Trinajstić information content (AvgIpc) is 3.17. The number of hydrogen-bond acceptors (Lipinski definition) is 4. The van der Waals surface area contributed by atoms with Crippen LogP contribution in [0.2, 0.25) is 5.02 Å². The van der Waals surface area contributed by atoms with Crippen molar-refractivity contribution in [3.63, 3.8) is 0 Å². The molecule has 3 aromatic rings. The summed E-state index contributed by atoms with van der Waals surface area (Å²) in [6, 6.07) is 5.89. The summed E-state index contributed by atoms with van der Waals surface area (Å²) in [7, 11) is 1.92. The summed E-state index contributed by atoms with van der Waals surface area (Å²) in [5.41, 5.74) is 2.18. The van der Waals surface area contributed by atoms with Crippen LogP contribution in [0.1, 0.15) is 41.7 Å². The van der Waals surface area contributed by atoms with Gasteiger partial charge in [0.15, 0.2) is 0 Å². The molecule has 2 atom stereocenters. The van der Waals surface area contributed by atoms with E-state index in [9.17, 15) is 4.79 Å². The van der Waals surface area contributed by atoms with Crippen LogP contribution in [0.25, 0.3) is 10.2 Å². The molecule has 27 heavy (non-hydrogen) atoms. The van der Waals surface area contributed by atoms with Crippen LogP contribution >= 0.6 is 22.9 Å². The summed E-state index contributed by atoms with van der Waals surface area (Å²) in [5.74, 6) is 1.27. The van der Waals surface area contributed by atoms with Gasteiger partial charge in [0.25, 0.3) is 0 Å². The molecular formula is C20H21ClN4OS. The van der Waals surface area contributed by atoms with E-state index in [0.29, 0.717) is 17.7 Å². The molecule has 2 aromatic heterocycles. The third kappa shape index (κ3) is 3.25. The number of thiazole rings is 1. The zero-order valence-corrected chi connectivity index (χ0v) is 16.7. The van der Waals surface area contributed by atoms with Crippen LogP contribution in [0, 0.1) is 5.92 Å². The molecule has 5 rings (SSSR count). The standard InChI is InChI=1S/C20H21ClN4OS/c1-24-11-13(10-22-24)15-9-16(15)20(26)25-6-4-12(5-7-25)19-23-17-8-14(21)2-3-18(17)27-19/h2-3,8,10-12,15-16H,4-7,9H2,1H3. The Morgan fingerprint density at radius 1 is 1.30 bits per heavy atom. The first-order valence-electron chi connectivity index (χ1n) is 9.42. The van der Waals surface area contributed by atoms with Gasteiger partial charge in [0.1, 0.15) is 0 Å². The predicted molar refractivity (Wildman–Crippen MR) is 107 cm³/mol. The molecule has 0 N–H and O–H groups in total. The number of hydrogen-bond donors (Lipinski definition) is 0. The van der Waals surface area contributed by atoms with Crippen LogP contribution < -0.4 is 0 Å². The number of benzene rings is 1. The number of piperidine rings is 1. The van der Waals surface area contributed by atoms with E-state index in [2.05, 4.69) is 10.00 Å². The van der Waals surface area contributed by atoms with Crippen molar-refractivity contribution in [1.82, 2.24) is 19.7 Å². The molecule has 140 valence electrons. The van der Waals surface area contributed by atoms with Gasteiger partial charge >= 0.3 is 0 Å². The van der Waals surface area contributed by atoms with Crippen molar-refractivity contribution in [2.75, 3.05) is 13.1 Å². The molecule has 1 aliphatic carbocycles. The fourth-order valence-corrected chi connectivity index (χ4v) is 5.43. The molecule has 2 unspecified atom stereocenters. The maximum Gasteiger partial charge on any atom is 0.226 e. The van der Waals surface area contributed by atoms with Gasteiger partial charge in [-0.2, -0.15) is 5.10 Å². The third-order valence-electron chi connectivity index (χ3n) is 5.78. The third-order valence-corrected chi connectivity index (χ3v) is 7.22. The Hall–Kier alpha value is -1.92. The molecule has 1 amide bonds. The van der Waals surface area contributed by atoms with E-state index in [1.165, 1.54) is 15.3 Å². The van der Waals surface area contributed by atoms with Gasteiger partial charge in [0.05, 0.1) is 21.4 Å². The monoisotopic (exact) mass is 400 g/mol. The van der Waals surface area contributed by atoms with E-state index in [1.807, 2.05) is 42.3 Å². The quantitative estimate of drug-likeness (QED) is 0.662. The van der Waals surface area contributed by atoms with Crippen molar-refractivity contribution in [2.24, 2.45) is 13.0 Å². The van der Waals surface area contributed by atoms with E-state index in [1.54, 1.807) is 11.3 Å². The lowest BCUT2D eigenvalue weighted by molar-refractivity contribution is -0.133. The number of rotatable bonds is 3. The van der Waals surface area contributed by atoms with Crippen molar-refractivity contribution < 1.29 is 4.79 Å². The Labute approximate surface area is 166 Å². The van der Waals surface area contributed by atoms with Crippen molar-refractivity contribution >= 4 is 39.1 Å². The van der Waals surface area contributed by atoms with E-state index in [0.717, 1.165) is 42.9 Å². The molecule has 3 heterocycles. The minimum Gasteiger partial charge on any atom is -0.342 e. The molecule has 2 aliphatic rings. The molecule has 1 aromatic carbocycles. The highest BCUT2D eigenvalue weighted by Gasteiger charge is 2.46. The molecule has 5 nitrogen and oxygen atoms in total. The van der Waals surface area contributed by atoms with Crippen LogP contribution in [-0.2, 0) is 11.8 Å². The Morgan fingerprint density at radius 2 is 2.11 bits per heavy atom. The number of amides is 1. The minimum absolute atomic E-state index is 0.148. The second-order valence-corrected chi connectivity index (χ2v) is 9.16. The number of nitrogens with zero attached hydrogens (tertiary/aromatic N) is 4. The van der Waals surface area contributed by atoms with Gasteiger partial charge in [-0.15, -0.1) is 11.3 Å². The first-order chi connectivity index (χ1) is 13.1. The molecule has 0 radical (unpaired) electrons. The maximum atomic E-state index is 12.8. The van der Waals surface area contributed by atoms with Crippen molar-refractivity contribution in [3.05, 3.63) is 46.2 Å². The molecule has 0 spiro atoms. The smallest absolute Gasteiger partial charge is 0.226 e. The SMILES string of the molecule is Cn1cc(C2CC2C(=O)N2CCC(c3nc4cc(Cl)ccc4s3)CC2)cn1. The van der Waals surface area contributed by atoms with Gasteiger partial charge in [0, 0.05) is 43.2 Å². The highest BCUT2D eigenvalue weighted by atomic mass is 35.5.